The second-order valence-corrected chi connectivity index (χ2v) is 6.02. The van der Waals surface area contributed by atoms with Crippen LogP contribution in [0, 0.1) is 0 Å². The molecule has 20 heavy (non-hydrogen) atoms. The number of aliphatic hydroxyl groups excluding tert-OH is 1. The summed E-state index contributed by atoms with van der Waals surface area (Å²) in [5.74, 6) is 0.283. The first-order chi connectivity index (χ1) is 9.56. The Hall–Kier alpha value is -1.26. The van der Waals surface area contributed by atoms with E-state index in [2.05, 4.69) is 4.90 Å². The summed E-state index contributed by atoms with van der Waals surface area (Å²) in [7, 11) is 0. The minimum Gasteiger partial charge on any atom is -0.389 e. The van der Waals surface area contributed by atoms with E-state index < -0.39 is 6.10 Å². The maximum absolute atomic E-state index is 11.7. The van der Waals surface area contributed by atoms with Crippen molar-refractivity contribution in [2.24, 2.45) is 0 Å². The van der Waals surface area contributed by atoms with Crippen LogP contribution in [0.25, 0.3) is 0 Å². The van der Waals surface area contributed by atoms with Crippen molar-refractivity contribution in [3.63, 3.8) is 0 Å². The molecule has 2 aliphatic heterocycles. The van der Waals surface area contributed by atoms with E-state index in [-0.39, 0.29) is 5.91 Å². The number of fused-ring (bicyclic) bond motifs is 1. The summed E-state index contributed by atoms with van der Waals surface area (Å²) in [6.07, 6.45) is 1.11. The number of piperazine rings is 1. The van der Waals surface area contributed by atoms with Gasteiger partial charge in [-0.3, -0.25) is 4.79 Å². The van der Waals surface area contributed by atoms with Gasteiger partial charge in [0.15, 0.2) is 0 Å². The molecule has 1 aromatic carbocycles. The zero-order valence-corrected chi connectivity index (χ0v) is 12.3. The number of nitrogens with zero attached hydrogens (tertiary/aromatic N) is 2. The summed E-state index contributed by atoms with van der Waals surface area (Å²) in [4.78, 5) is 15.9. The Bertz CT molecular complexity index is 533. The van der Waals surface area contributed by atoms with E-state index in [1.165, 1.54) is 0 Å². The summed E-state index contributed by atoms with van der Waals surface area (Å²) in [6.45, 7) is 4.17. The van der Waals surface area contributed by atoms with Crippen LogP contribution in [0.4, 0.5) is 5.69 Å². The molecular weight excluding hydrogens is 276 g/mol. The molecule has 0 aliphatic carbocycles. The lowest BCUT2D eigenvalue weighted by molar-refractivity contribution is -0.129. The molecule has 1 aromatic rings. The van der Waals surface area contributed by atoms with Crippen molar-refractivity contribution in [3.05, 3.63) is 28.8 Å². The van der Waals surface area contributed by atoms with Crippen LogP contribution in [-0.4, -0.2) is 41.6 Å². The molecular formula is C15H19ClN2O2. The molecule has 2 fully saturated rings. The lowest BCUT2D eigenvalue weighted by Crippen LogP contribution is -2.51. The standard InChI is InChI=1S/C15H19ClN2O2/c1-10(19)11-2-4-14(13(16)8-11)17-6-7-18-12(9-17)3-5-15(18)20/h2,4,8,10,12,19H,3,5-7,9H2,1H3/t10-,12?/m0/s1. The Kier molecular flexibility index (Phi) is 3.61. The summed E-state index contributed by atoms with van der Waals surface area (Å²) in [5, 5.41) is 10.3. The smallest absolute Gasteiger partial charge is 0.223 e. The maximum atomic E-state index is 11.7. The Labute approximate surface area is 123 Å². The van der Waals surface area contributed by atoms with Gasteiger partial charge in [-0.05, 0) is 31.0 Å². The number of rotatable bonds is 2. The minimum absolute atomic E-state index is 0.283. The monoisotopic (exact) mass is 294 g/mol. The molecule has 3 rings (SSSR count). The number of benzene rings is 1. The van der Waals surface area contributed by atoms with Crippen molar-refractivity contribution in [2.45, 2.75) is 31.9 Å². The molecule has 1 unspecified atom stereocenters. The van der Waals surface area contributed by atoms with Crippen molar-refractivity contribution in [3.8, 4) is 0 Å². The second-order valence-electron chi connectivity index (χ2n) is 5.61. The number of amides is 1. The Morgan fingerprint density at radius 3 is 2.90 bits per heavy atom. The summed E-state index contributed by atoms with van der Waals surface area (Å²) in [5.41, 5.74) is 1.82. The molecule has 108 valence electrons. The largest absolute Gasteiger partial charge is 0.389 e. The molecule has 2 saturated heterocycles. The first-order valence-corrected chi connectivity index (χ1v) is 7.46. The van der Waals surface area contributed by atoms with Gasteiger partial charge in [0.05, 0.1) is 16.8 Å². The predicted octanol–water partition coefficient (Wildman–Crippen LogP) is 2.20. The fourth-order valence-corrected chi connectivity index (χ4v) is 3.43. The van der Waals surface area contributed by atoms with Crippen LogP contribution < -0.4 is 4.90 Å². The van der Waals surface area contributed by atoms with E-state index in [1.807, 2.05) is 23.1 Å². The van der Waals surface area contributed by atoms with E-state index >= 15 is 0 Å². The van der Waals surface area contributed by atoms with Crippen LogP contribution >= 0.6 is 11.6 Å². The zero-order valence-electron chi connectivity index (χ0n) is 11.6. The molecule has 0 radical (unpaired) electrons. The Balaban J connectivity index is 1.79. The average Bonchev–Trinajstić information content (AvgIpc) is 2.79. The molecule has 0 bridgehead atoms. The number of hydrogen-bond acceptors (Lipinski definition) is 3. The van der Waals surface area contributed by atoms with Crippen LogP contribution in [0.1, 0.15) is 31.4 Å². The highest BCUT2D eigenvalue weighted by molar-refractivity contribution is 6.33. The molecule has 0 aromatic heterocycles. The third kappa shape index (κ3) is 2.38. The number of aliphatic hydroxyl groups is 1. The van der Waals surface area contributed by atoms with E-state index in [4.69, 9.17) is 11.6 Å². The zero-order chi connectivity index (χ0) is 14.3. The van der Waals surface area contributed by atoms with Crippen LogP contribution in [0.5, 0.6) is 0 Å². The van der Waals surface area contributed by atoms with Crippen LogP contribution in [-0.2, 0) is 4.79 Å². The van der Waals surface area contributed by atoms with Gasteiger partial charge in [0, 0.05) is 32.1 Å². The first kappa shape index (κ1) is 13.7. The van der Waals surface area contributed by atoms with Gasteiger partial charge in [0.2, 0.25) is 5.91 Å². The fraction of sp³-hybridized carbons (Fsp3) is 0.533. The highest BCUT2D eigenvalue weighted by Crippen LogP contribution is 2.32. The molecule has 4 nitrogen and oxygen atoms in total. The molecule has 1 amide bonds. The number of carbonyl (C=O) groups is 1. The summed E-state index contributed by atoms with van der Waals surface area (Å²) >= 11 is 6.35. The van der Waals surface area contributed by atoms with E-state index in [1.54, 1.807) is 6.92 Å². The third-order valence-electron chi connectivity index (χ3n) is 4.29. The SMILES string of the molecule is C[C@H](O)c1ccc(N2CCN3C(=O)CCC3C2)c(Cl)c1. The Morgan fingerprint density at radius 1 is 1.40 bits per heavy atom. The molecule has 5 heteroatoms. The third-order valence-corrected chi connectivity index (χ3v) is 4.59. The van der Waals surface area contributed by atoms with Crippen molar-refractivity contribution in [1.82, 2.24) is 4.90 Å². The van der Waals surface area contributed by atoms with Gasteiger partial charge in [-0.15, -0.1) is 0 Å². The molecule has 0 spiro atoms. The molecule has 1 N–H and O–H groups in total. The van der Waals surface area contributed by atoms with Crippen molar-refractivity contribution in [1.29, 1.82) is 0 Å². The van der Waals surface area contributed by atoms with Gasteiger partial charge in [-0.1, -0.05) is 17.7 Å². The van der Waals surface area contributed by atoms with E-state index in [0.29, 0.717) is 17.5 Å². The van der Waals surface area contributed by atoms with Crippen LogP contribution in [0.3, 0.4) is 0 Å². The van der Waals surface area contributed by atoms with Gasteiger partial charge in [0.1, 0.15) is 0 Å². The fourth-order valence-electron chi connectivity index (χ4n) is 3.12. The molecule has 2 aliphatic rings. The normalized spacial score (nSPS) is 23.9. The van der Waals surface area contributed by atoms with Gasteiger partial charge >= 0.3 is 0 Å². The number of halogens is 1. The highest BCUT2D eigenvalue weighted by atomic mass is 35.5. The average molecular weight is 295 g/mol. The second kappa shape index (κ2) is 5.26. The van der Waals surface area contributed by atoms with Crippen LogP contribution in [0.2, 0.25) is 5.02 Å². The number of carbonyl (C=O) groups excluding carboxylic acids is 1. The lowest BCUT2D eigenvalue weighted by atomic mass is 10.1. The Morgan fingerprint density at radius 2 is 2.20 bits per heavy atom. The van der Waals surface area contributed by atoms with Gasteiger partial charge in [-0.25, -0.2) is 0 Å². The molecule has 0 saturated carbocycles. The van der Waals surface area contributed by atoms with Crippen molar-refractivity contribution >= 4 is 23.2 Å². The number of anilines is 1. The molecule has 2 atom stereocenters. The summed E-state index contributed by atoms with van der Waals surface area (Å²) in [6, 6.07) is 6.03. The van der Waals surface area contributed by atoms with Gasteiger partial charge < -0.3 is 14.9 Å². The molecule has 2 heterocycles. The van der Waals surface area contributed by atoms with Gasteiger partial charge in [-0.2, -0.15) is 0 Å². The first-order valence-electron chi connectivity index (χ1n) is 7.08. The van der Waals surface area contributed by atoms with E-state index in [9.17, 15) is 9.90 Å². The highest BCUT2D eigenvalue weighted by Gasteiger charge is 2.35. The predicted molar refractivity (Wildman–Crippen MR) is 79.0 cm³/mol. The van der Waals surface area contributed by atoms with Crippen molar-refractivity contribution in [2.75, 3.05) is 24.5 Å². The lowest BCUT2D eigenvalue weighted by Gasteiger charge is -2.39. The summed E-state index contributed by atoms with van der Waals surface area (Å²) < 4.78 is 0. The maximum Gasteiger partial charge on any atom is 0.223 e. The minimum atomic E-state index is -0.508. The quantitative estimate of drug-likeness (QED) is 0.909. The van der Waals surface area contributed by atoms with Crippen LogP contribution in [0.15, 0.2) is 18.2 Å². The topological polar surface area (TPSA) is 43.8 Å². The van der Waals surface area contributed by atoms with E-state index in [0.717, 1.165) is 37.3 Å². The van der Waals surface area contributed by atoms with Crippen molar-refractivity contribution < 1.29 is 9.90 Å². The number of hydrogen-bond donors (Lipinski definition) is 1. The van der Waals surface area contributed by atoms with Gasteiger partial charge in [0.25, 0.3) is 0 Å².